The van der Waals surface area contributed by atoms with Crippen LogP contribution in [0.2, 0.25) is 0 Å². The van der Waals surface area contributed by atoms with Gasteiger partial charge in [0.2, 0.25) is 0 Å². The third-order valence-corrected chi connectivity index (χ3v) is 11.0. The van der Waals surface area contributed by atoms with Crippen molar-refractivity contribution in [3.05, 3.63) is 206 Å². The predicted octanol–water partition coefficient (Wildman–Crippen LogP) is 14.6. The first-order valence-electron chi connectivity index (χ1n) is 18.8. The smallest absolute Gasteiger partial charge is 0.143 e. The molecular weight excluding hydrogens is 669 g/mol. The van der Waals surface area contributed by atoms with Gasteiger partial charge in [0.1, 0.15) is 11.2 Å². The molecule has 0 N–H and O–H groups in total. The van der Waals surface area contributed by atoms with Crippen LogP contribution in [0.15, 0.2) is 211 Å². The van der Waals surface area contributed by atoms with Crippen LogP contribution in [0.1, 0.15) is 0 Å². The maximum absolute atomic E-state index is 6.55. The Morgan fingerprint density at radius 2 is 0.927 bits per heavy atom. The summed E-state index contributed by atoms with van der Waals surface area (Å²) in [5.74, 6) is 0. The number of fused-ring (bicyclic) bond motifs is 8. The van der Waals surface area contributed by atoms with Gasteiger partial charge in [-0.1, -0.05) is 152 Å². The largest absolute Gasteiger partial charge is 0.455 e. The Labute approximate surface area is 318 Å². The van der Waals surface area contributed by atoms with E-state index in [1.165, 1.54) is 27.2 Å². The number of para-hydroxylation sites is 6. The second-order valence-electron chi connectivity index (χ2n) is 14.1. The summed E-state index contributed by atoms with van der Waals surface area (Å²) in [5, 5.41) is 7.00. The Morgan fingerprint density at radius 3 is 1.65 bits per heavy atom. The van der Waals surface area contributed by atoms with Crippen LogP contribution in [-0.4, -0.2) is 4.57 Å². The minimum absolute atomic E-state index is 0.885. The lowest BCUT2D eigenvalue weighted by atomic mass is 9.97. The number of benzene rings is 9. The van der Waals surface area contributed by atoms with E-state index in [9.17, 15) is 0 Å². The topological polar surface area (TPSA) is 21.3 Å². The first-order valence-corrected chi connectivity index (χ1v) is 18.8. The van der Waals surface area contributed by atoms with E-state index < -0.39 is 0 Å². The van der Waals surface area contributed by atoms with E-state index in [2.05, 4.69) is 216 Å². The van der Waals surface area contributed by atoms with Gasteiger partial charge in [-0.3, -0.25) is 0 Å². The molecule has 0 amide bonds. The van der Waals surface area contributed by atoms with E-state index in [4.69, 9.17) is 4.42 Å². The zero-order valence-corrected chi connectivity index (χ0v) is 29.9. The van der Waals surface area contributed by atoms with Gasteiger partial charge in [-0.15, -0.1) is 0 Å². The van der Waals surface area contributed by atoms with E-state index in [0.29, 0.717) is 0 Å². The molecular formula is C52H34N2O. The lowest BCUT2D eigenvalue weighted by Gasteiger charge is -2.32. The van der Waals surface area contributed by atoms with Crippen molar-refractivity contribution >= 4 is 71.6 Å². The van der Waals surface area contributed by atoms with Crippen LogP contribution in [-0.2, 0) is 0 Å². The summed E-state index contributed by atoms with van der Waals surface area (Å²) in [6.07, 6.45) is 0. The summed E-state index contributed by atoms with van der Waals surface area (Å²) < 4.78 is 8.98. The number of rotatable bonds is 6. The van der Waals surface area contributed by atoms with Crippen molar-refractivity contribution in [2.24, 2.45) is 0 Å². The van der Waals surface area contributed by atoms with Crippen molar-refractivity contribution in [1.29, 1.82) is 0 Å². The maximum atomic E-state index is 6.55. The van der Waals surface area contributed by atoms with E-state index >= 15 is 0 Å². The van der Waals surface area contributed by atoms with Gasteiger partial charge in [-0.25, -0.2) is 0 Å². The van der Waals surface area contributed by atoms with Crippen molar-refractivity contribution in [3.63, 3.8) is 0 Å². The highest BCUT2D eigenvalue weighted by molar-refractivity contribution is 6.16. The molecule has 11 aromatic rings. The van der Waals surface area contributed by atoms with Gasteiger partial charge in [0, 0.05) is 38.1 Å². The van der Waals surface area contributed by atoms with Gasteiger partial charge >= 0.3 is 0 Å². The maximum Gasteiger partial charge on any atom is 0.143 e. The molecule has 0 fully saturated rings. The fourth-order valence-corrected chi connectivity index (χ4v) is 8.53. The number of anilines is 3. The minimum atomic E-state index is 0.885. The van der Waals surface area contributed by atoms with Gasteiger partial charge in [-0.05, 0) is 71.1 Å². The SMILES string of the molecule is c1ccc(-c2ccccc2N(c2ccccc2-c2ccc3oc4c5ccccc5ccc4c3c2)c2ccccc2-n2c3ccccc3c3ccccc32)cc1. The molecule has 3 nitrogen and oxygen atoms in total. The number of aromatic nitrogens is 1. The van der Waals surface area contributed by atoms with E-state index in [-0.39, 0.29) is 0 Å². The molecule has 0 aliphatic rings. The lowest BCUT2D eigenvalue weighted by Crippen LogP contribution is -2.15. The Hall–Kier alpha value is -7.36. The summed E-state index contributed by atoms with van der Waals surface area (Å²) >= 11 is 0. The third-order valence-electron chi connectivity index (χ3n) is 11.0. The summed E-state index contributed by atoms with van der Waals surface area (Å²) in [4.78, 5) is 2.46. The van der Waals surface area contributed by atoms with Crippen LogP contribution in [0.4, 0.5) is 17.1 Å². The van der Waals surface area contributed by atoms with E-state index in [0.717, 1.165) is 72.3 Å². The van der Waals surface area contributed by atoms with Crippen LogP contribution in [0.25, 0.3) is 82.5 Å². The number of furan rings is 1. The van der Waals surface area contributed by atoms with Crippen LogP contribution in [0, 0.1) is 0 Å². The average Bonchev–Trinajstić information content (AvgIpc) is 3.80. The van der Waals surface area contributed by atoms with Crippen LogP contribution in [0.5, 0.6) is 0 Å². The van der Waals surface area contributed by atoms with E-state index in [1.807, 2.05) is 0 Å². The Kier molecular flexibility index (Phi) is 7.17. The predicted molar refractivity (Wildman–Crippen MR) is 231 cm³/mol. The van der Waals surface area contributed by atoms with Gasteiger partial charge in [0.15, 0.2) is 0 Å². The normalized spacial score (nSPS) is 11.6. The highest BCUT2D eigenvalue weighted by atomic mass is 16.3. The highest BCUT2D eigenvalue weighted by Crippen LogP contribution is 2.48. The first-order chi connectivity index (χ1) is 27.3. The summed E-state index contributed by atoms with van der Waals surface area (Å²) in [6, 6.07) is 74.0. The molecule has 0 saturated heterocycles. The van der Waals surface area contributed by atoms with E-state index in [1.54, 1.807) is 0 Å². The van der Waals surface area contributed by atoms with Gasteiger partial charge in [0.25, 0.3) is 0 Å². The molecule has 3 heteroatoms. The first kappa shape index (κ1) is 31.2. The molecule has 0 spiro atoms. The zero-order valence-electron chi connectivity index (χ0n) is 29.9. The van der Waals surface area contributed by atoms with Crippen LogP contribution in [0.3, 0.4) is 0 Å². The molecule has 2 aromatic heterocycles. The van der Waals surface area contributed by atoms with Crippen molar-refractivity contribution in [2.75, 3.05) is 4.90 Å². The zero-order chi connectivity index (χ0) is 36.3. The van der Waals surface area contributed by atoms with Gasteiger partial charge < -0.3 is 13.9 Å². The molecule has 0 unspecified atom stereocenters. The fourth-order valence-electron chi connectivity index (χ4n) is 8.53. The molecule has 9 aromatic carbocycles. The molecule has 2 heterocycles. The monoisotopic (exact) mass is 702 g/mol. The Morgan fingerprint density at radius 1 is 0.364 bits per heavy atom. The summed E-state index contributed by atoms with van der Waals surface area (Å²) in [5.41, 5.74) is 13.1. The lowest BCUT2D eigenvalue weighted by molar-refractivity contribution is 0.672. The molecule has 0 saturated carbocycles. The van der Waals surface area contributed by atoms with Gasteiger partial charge in [0.05, 0.1) is 33.8 Å². The average molecular weight is 703 g/mol. The van der Waals surface area contributed by atoms with Crippen molar-refractivity contribution in [2.45, 2.75) is 0 Å². The standard InChI is InChI=1S/C52H34N2O/c1-2-16-35(17-3-1)38-19-6-10-24-45(38)53(49-28-14-15-29-50(49)54-47-26-12-8-22-41(47)42-23-9-13-27-48(42)54)46-25-11-7-20-39(46)37-31-33-51-44(34-37)43-32-30-36-18-4-5-21-40(36)52(43)55-51/h1-34H. The number of hydrogen-bond donors (Lipinski definition) is 0. The minimum Gasteiger partial charge on any atom is -0.455 e. The molecule has 0 radical (unpaired) electrons. The molecule has 55 heavy (non-hydrogen) atoms. The van der Waals surface area contributed by atoms with Crippen molar-refractivity contribution in [1.82, 2.24) is 4.57 Å². The number of hydrogen-bond acceptors (Lipinski definition) is 2. The molecule has 0 aliphatic carbocycles. The van der Waals surface area contributed by atoms with Crippen molar-refractivity contribution in [3.8, 4) is 27.9 Å². The Balaban J connectivity index is 1.19. The second-order valence-corrected chi connectivity index (χ2v) is 14.1. The summed E-state index contributed by atoms with van der Waals surface area (Å²) in [7, 11) is 0. The molecule has 0 aliphatic heterocycles. The highest BCUT2D eigenvalue weighted by Gasteiger charge is 2.25. The van der Waals surface area contributed by atoms with Crippen LogP contribution >= 0.6 is 0 Å². The fraction of sp³-hybridized carbons (Fsp3) is 0. The molecule has 258 valence electrons. The van der Waals surface area contributed by atoms with Gasteiger partial charge in [-0.2, -0.15) is 0 Å². The van der Waals surface area contributed by atoms with Crippen molar-refractivity contribution < 1.29 is 4.42 Å². The number of nitrogens with zero attached hydrogens (tertiary/aromatic N) is 2. The third kappa shape index (κ3) is 4.98. The quantitative estimate of drug-likeness (QED) is 0.172. The summed E-state index contributed by atoms with van der Waals surface area (Å²) in [6.45, 7) is 0. The Bertz CT molecular complexity index is 3170. The molecule has 0 atom stereocenters. The molecule has 11 rings (SSSR count). The van der Waals surface area contributed by atoms with Crippen LogP contribution < -0.4 is 4.90 Å². The second kappa shape index (κ2) is 12.6. The molecule has 0 bridgehead atoms.